The van der Waals surface area contributed by atoms with Crippen molar-refractivity contribution >= 4 is 13.7 Å². The molecule has 0 saturated heterocycles. The molecular weight excluding hydrogens is 984 g/mol. The third kappa shape index (κ3) is 59.8. The molecule has 0 radical (unpaired) electrons. The van der Waals surface area contributed by atoms with E-state index in [1.165, 1.54) is 64.2 Å². The molecule has 0 rings (SSSR count). The van der Waals surface area contributed by atoms with Crippen LogP contribution in [0.2, 0.25) is 0 Å². The third-order valence-electron chi connectivity index (χ3n) is 12.7. The highest BCUT2D eigenvalue weighted by atomic mass is 31.2. The van der Waals surface area contributed by atoms with Gasteiger partial charge in [0.1, 0.15) is 13.2 Å². The van der Waals surface area contributed by atoms with Crippen LogP contribution in [-0.4, -0.2) is 68.5 Å². The lowest BCUT2D eigenvalue weighted by Crippen LogP contribution is -2.45. The summed E-state index contributed by atoms with van der Waals surface area (Å²) in [5.41, 5.74) is 0. The lowest BCUT2D eigenvalue weighted by Gasteiger charge is -2.29. The number of carbonyl (C=O) groups excluding carboxylic acids is 1. The minimum atomic E-state index is -4.63. The maximum atomic E-state index is 13.0. The Morgan fingerprint density at radius 1 is 0.462 bits per heavy atom. The fraction of sp³-hybridized carbons (Fsp3) is 0.609. The van der Waals surface area contributed by atoms with Crippen LogP contribution in [0.4, 0.5) is 0 Å². The number of phosphoric ester groups is 1. The van der Waals surface area contributed by atoms with E-state index in [0.29, 0.717) is 17.4 Å². The highest BCUT2D eigenvalue weighted by Crippen LogP contribution is 2.38. The van der Waals surface area contributed by atoms with E-state index in [-0.39, 0.29) is 12.5 Å². The molecule has 0 bridgehead atoms. The molecule has 0 aliphatic rings. The molecule has 3 unspecified atom stereocenters. The molecule has 0 fully saturated rings. The van der Waals surface area contributed by atoms with Crippen molar-refractivity contribution < 1.29 is 32.9 Å². The molecule has 1 amide bonds. The molecule has 0 saturated carbocycles. The summed E-state index contributed by atoms with van der Waals surface area (Å²) >= 11 is 0. The van der Waals surface area contributed by atoms with Crippen molar-refractivity contribution in [1.29, 1.82) is 0 Å². The monoisotopic (exact) mass is 1100 g/mol. The molecule has 3 atom stereocenters. The van der Waals surface area contributed by atoms with Gasteiger partial charge in [0.25, 0.3) is 7.82 Å². The zero-order chi connectivity index (χ0) is 57.0. The van der Waals surface area contributed by atoms with Crippen molar-refractivity contribution in [2.24, 2.45) is 0 Å². The largest absolute Gasteiger partial charge is 0.756 e. The van der Waals surface area contributed by atoms with Gasteiger partial charge < -0.3 is 28.8 Å². The topological polar surface area (TPSA) is 108 Å². The van der Waals surface area contributed by atoms with Crippen molar-refractivity contribution in [3.05, 3.63) is 158 Å². The smallest absolute Gasteiger partial charge is 0.268 e. The average molecular weight is 1100 g/mol. The first kappa shape index (κ1) is 74.1. The molecule has 78 heavy (non-hydrogen) atoms. The van der Waals surface area contributed by atoms with Crippen LogP contribution in [0.25, 0.3) is 0 Å². The number of aliphatic hydroxyl groups excluding tert-OH is 1. The molecule has 0 aromatic rings. The zero-order valence-corrected chi connectivity index (χ0v) is 51.2. The number of hydrogen-bond donors (Lipinski definition) is 2. The Kier molecular flexibility index (Phi) is 54.9. The van der Waals surface area contributed by atoms with Gasteiger partial charge in [0.2, 0.25) is 5.91 Å². The first-order valence-corrected chi connectivity index (χ1v) is 32.3. The number of carbonyl (C=O) groups is 1. The van der Waals surface area contributed by atoms with E-state index in [9.17, 15) is 19.4 Å². The minimum Gasteiger partial charge on any atom is -0.756 e. The van der Waals surface area contributed by atoms with Crippen LogP contribution in [0.3, 0.4) is 0 Å². The number of phosphoric acid groups is 1. The highest BCUT2D eigenvalue weighted by Gasteiger charge is 2.23. The van der Waals surface area contributed by atoms with Crippen molar-refractivity contribution in [1.82, 2.24) is 5.32 Å². The number of hydrogen-bond acceptors (Lipinski definition) is 6. The van der Waals surface area contributed by atoms with Crippen molar-refractivity contribution in [3.8, 4) is 0 Å². The Balaban J connectivity index is 4.28. The van der Waals surface area contributed by atoms with Crippen LogP contribution in [0.15, 0.2) is 158 Å². The number of quaternary nitrogens is 1. The summed E-state index contributed by atoms with van der Waals surface area (Å²) in [7, 11) is 1.20. The Morgan fingerprint density at radius 2 is 0.795 bits per heavy atom. The summed E-state index contributed by atoms with van der Waals surface area (Å²) in [6.07, 6.45) is 90.4. The standard InChI is InChI=1S/C69H115N2O6P/c1-6-8-10-12-14-16-18-20-22-24-26-27-28-29-30-31-32-33-34-35-36-37-38-39-40-41-42-43-45-47-49-51-53-55-57-59-61-63-69(73)70-67(66-77-78(74,75)76-65-64-71(3,4)5)68(72)62-60-58-56-54-52-50-48-46-44-25-23-21-19-17-15-13-11-9-7-2/h8,10,14,16,20,22,26-27,29-30,32-33,35-36,38-39,41-42,44-47,52,54,60,62,67-68,72H,6-7,9,11-13,15,17-19,21,23-25,28,31,34,37,40,43,48-51,53,55-59,61,63-66H2,1-5H3,(H-,70,73,74,75)/b10-8-,16-14-,22-20-,27-26-,30-29-,33-32-,36-35-,39-38-,42-41-,46-44+,47-45-,54-52+,62-60+. The van der Waals surface area contributed by atoms with Gasteiger partial charge in [-0.25, -0.2) is 0 Å². The molecular formula is C69H115N2O6P. The molecule has 8 nitrogen and oxygen atoms in total. The SMILES string of the molecule is CC/C=C\C/C=C\C/C=C\C/C=C\C/C=C\C/C=C\C/C=C\C/C=C\C/C=C\C/C=C\CCCCCCCCC(=O)NC(COP(=O)([O-])OCC[N+](C)(C)C)C(O)/C=C/CC/C=C/CC/C=C/CCCCCCCCCCC. The van der Waals surface area contributed by atoms with Crippen molar-refractivity contribution in [2.75, 3.05) is 40.9 Å². The molecule has 0 aromatic carbocycles. The normalized spacial score (nSPS) is 14.9. The van der Waals surface area contributed by atoms with Gasteiger partial charge in [-0.2, -0.15) is 0 Å². The quantitative estimate of drug-likeness (QED) is 0.0272. The number of likely N-dealkylation sites (N-methyl/N-ethyl adjacent to an activating group) is 1. The molecule has 442 valence electrons. The zero-order valence-electron chi connectivity index (χ0n) is 50.3. The Bertz CT molecular complexity index is 1820. The molecule has 0 aromatic heterocycles. The average Bonchev–Trinajstić information content (AvgIpc) is 3.41. The first-order valence-electron chi connectivity index (χ1n) is 30.8. The summed E-state index contributed by atoms with van der Waals surface area (Å²) in [4.78, 5) is 25.5. The van der Waals surface area contributed by atoms with Crippen LogP contribution >= 0.6 is 7.82 Å². The minimum absolute atomic E-state index is 0.0208. The Hall–Kier alpha value is -3.88. The van der Waals surface area contributed by atoms with Gasteiger partial charge in [0.15, 0.2) is 0 Å². The van der Waals surface area contributed by atoms with E-state index in [0.717, 1.165) is 135 Å². The van der Waals surface area contributed by atoms with E-state index >= 15 is 0 Å². The lowest BCUT2D eigenvalue weighted by molar-refractivity contribution is -0.870. The fourth-order valence-electron chi connectivity index (χ4n) is 7.92. The summed E-state index contributed by atoms with van der Waals surface area (Å²) < 4.78 is 23.3. The third-order valence-corrected chi connectivity index (χ3v) is 13.7. The first-order chi connectivity index (χ1) is 38.0. The number of rotatable bonds is 54. The highest BCUT2D eigenvalue weighted by molar-refractivity contribution is 7.45. The summed E-state index contributed by atoms with van der Waals surface area (Å²) in [5.74, 6) is -0.233. The number of nitrogens with zero attached hydrogens (tertiary/aromatic N) is 1. The van der Waals surface area contributed by atoms with E-state index in [2.05, 4.69) is 165 Å². The van der Waals surface area contributed by atoms with Gasteiger partial charge >= 0.3 is 0 Å². The Morgan fingerprint density at radius 3 is 1.19 bits per heavy atom. The molecule has 0 aliphatic heterocycles. The second kappa shape index (κ2) is 57.8. The molecule has 0 heterocycles. The number of amides is 1. The predicted octanol–water partition coefficient (Wildman–Crippen LogP) is 18.8. The number of unbranched alkanes of at least 4 members (excludes halogenated alkanes) is 17. The molecule has 0 spiro atoms. The van der Waals surface area contributed by atoms with Gasteiger partial charge in [-0.3, -0.25) is 9.36 Å². The lowest BCUT2D eigenvalue weighted by atomic mass is 10.1. The van der Waals surface area contributed by atoms with E-state index in [1.807, 2.05) is 27.2 Å². The second-order valence-corrected chi connectivity index (χ2v) is 22.7. The van der Waals surface area contributed by atoms with Crippen molar-refractivity contribution in [3.63, 3.8) is 0 Å². The number of allylic oxidation sites excluding steroid dienone is 25. The van der Waals surface area contributed by atoms with Gasteiger partial charge in [-0.15, -0.1) is 0 Å². The van der Waals surface area contributed by atoms with Crippen molar-refractivity contribution in [2.45, 2.75) is 231 Å². The van der Waals surface area contributed by atoms with E-state index in [1.54, 1.807) is 6.08 Å². The van der Waals surface area contributed by atoms with Crippen LogP contribution in [0, 0.1) is 0 Å². The molecule has 2 N–H and O–H groups in total. The summed E-state index contributed by atoms with van der Waals surface area (Å²) in [6, 6.07) is -0.931. The summed E-state index contributed by atoms with van der Waals surface area (Å²) in [6.45, 7) is 4.47. The maximum absolute atomic E-state index is 13.0. The number of aliphatic hydroxyl groups is 1. The van der Waals surface area contributed by atoms with Gasteiger partial charge in [-0.1, -0.05) is 249 Å². The second-order valence-electron chi connectivity index (χ2n) is 21.3. The van der Waals surface area contributed by atoms with Crippen LogP contribution < -0.4 is 10.2 Å². The number of nitrogens with one attached hydrogen (secondary N) is 1. The summed E-state index contributed by atoms with van der Waals surface area (Å²) in [5, 5.41) is 13.9. The Labute approximate surface area is 480 Å². The maximum Gasteiger partial charge on any atom is 0.268 e. The van der Waals surface area contributed by atoms with E-state index in [4.69, 9.17) is 9.05 Å². The van der Waals surface area contributed by atoms with Gasteiger partial charge in [-0.05, 0) is 122 Å². The van der Waals surface area contributed by atoms with E-state index < -0.39 is 26.6 Å². The van der Waals surface area contributed by atoms with Gasteiger partial charge in [0, 0.05) is 6.42 Å². The van der Waals surface area contributed by atoms with Gasteiger partial charge in [0.05, 0.1) is 39.9 Å². The fourth-order valence-corrected chi connectivity index (χ4v) is 8.64. The molecule has 0 aliphatic carbocycles. The van der Waals surface area contributed by atoms with Crippen LogP contribution in [0.1, 0.15) is 219 Å². The van der Waals surface area contributed by atoms with Crippen LogP contribution in [-0.2, 0) is 18.4 Å². The molecule has 9 heteroatoms. The predicted molar refractivity (Wildman–Crippen MR) is 338 cm³/mol. The van der Waals surface area contributed by atoms with Crippen LogP contribution in [0.5, 0.6) is 0 Å².